The van der Waals surface area contributed by atoms with Crippen LogP contribution in [0.25, 0.3) is 0 Å². The maximum Gasteiger partial charge on any atom is 0.335 e. The summed E-state index contributed by atoms with van der Waals surface area (Å²) in [6.45, 7) is 0. The van der Waals surface area contributed by atoms with Crippen LogP contribution in [0.4, 0.5) is 0 Å². The summed E-state index contributed by atoms with van der Waals surface area (Å²) < 4.78 is 11.0. The van der Waals surface area contributed by atoms with Gasteiger partial charge < -0.3 is 19.7 Å². The van der Waals surface area contributed by atoms with E-state index in [1.165, 1.54) is 19.2 Å². The van der Waals surface area contributed by atoms with Gasteiger partial charge in [-0.2, -0.15) is 0 Å². The molecule has 1 saturated carbocycles. The lowest BCUT2D eigenvalue weighted by Gasteiger charge is -2.26. The van der Waals surface area contributed by atoms with Gasteiger partial charge in [0.15, 0.2) is 11.5 Å². The van der Waals surface area contributed by atoms with Crippen molar-refractivity contribution in [3.05, 3.63) is 23.8 Å². The minimum atomic E-state index is -0.995. The van der Waals surface area contributed by atoms with E-state index in [-0.39, 0.29) is 17.8 Å². The molecule has 0 amide bonds. The normalized spacial score (nSPS) is 22.8. The summed E-state index contributed by atoms with van der Waals surface area (Å²) in [7, 11) is 1.48. The minimum absolute atomic E-state index is 0.0491. The van der Waals surface area contributed by atoms with Crippen LogP contribution in [0.15, 0.2) is 18.2 Å². The molecule has 0 unspecified atom stereocenters. The first-order valence-electron chi connectivity index (χ1n) is 6.36. The molecule has 5 heteroatoms. The lowest BCUT2D eigenvalue weighted by molar-refractivity contribution is 0.0649. The Labute approximate surface area is 111 Å². The number of methoxy groups -OCH3 is 1. The summed E-state index contributed by atoms with van der Waals surface area (Å²) >= 11 is 0. The van der Waals surface area contributed by atoms with Crippen LogP contribution >= 0.6 is 0 Å². The number of rotatable bonds is 4. The molecule has 1 aliphatic carbocycles. The van der Waals surface area contributed by atoms with Crippen LogP contribution in [0.1, 0.15) is 36.0 Å². The SMILES string of the molecule is COc1cc(C(=O)O)ccc1OC1CCC(O)CC1. The van der Waals surface area contributed by atoms with E-state index < -0.39 is 5.97 Å². The number of aromatic carboxylic acids is 1. The van der Waals surface area contributed by atoms with E-state index in [9.17, 15) is 9.90 Å². The predicted octanol–water partition coefficient (Wildman–Crippen LogP) is 2.08. The van der Waals surface area contributed by atoms with Gasteiger partial charge in [0.1, 0.15) is 0 Å². The molecule has 0 atom stereocenters. The van der Waals surface area contributed by atoms with Crippen molar-refractivity contribution in [1.29, 1.82) is 0 Å². The van der Waals surface area contributed by atoms with Gasteiger partial charge in [-0.25, -0.2) is 4.79 Å². The molecule has 19 heavy (non-hydrogen) atoms. The molecule has 0 spiro atoms. The Morgan fingerprint density at radius 2 is 1.89 bits per heavy atom. The molecule has 0 saturated heterocycles. The second-order valence-corrected chi connectivity index (χ2v) is 4.72. The van der Waals surface area contributed by atoms with Crippen LogP contribution in [0.5, 0.6) is 11.5 Å². The Balaban J connectivity index is 2.09. The van der Waals surface area contributed by atoms with Crippen LogP contribution in [-0.4, -0.2) is 35.5 Å². The van der Waals surface area contributed by atoms with Crippen molar-refractivity contribution in [1.82, 2.24) is 0 Å². The molecule has 1 aliphatic rings. The van der Waals surface area contributed by atoms with Crippen molar-refractivity contribution in [2.45, 2.75) is 37.9 Å². The van der Waals surface area contributed by atoms with E-state index in [0.717, 1.165) is 25.7 Å². The fourth-order valence-corrected chi connectivity index (χ4v) is 2.24. The molecule has 104 valence electrons. The van der Waals surface area contributed by atoms with Gasteiger partial charge in [0.2, 0.25) is 0 Å². The molecule has 0 bridgehead atoms. The van der Waals surface area contributed by atoms with Gasteiger partial charge in [0.05, 0.1) is 24.9 Å². The molecule has 1 aromatic rings. The summed E-state index contributed by atoms with van der Waals surface area (Å²) in [5.41, 5.74) is 0.170. The lowest BCUT2D eigenvalue weighted by Crippen LogP contribution is -2.26. The maximum atomic E-state index is 10.9. The zero-order valence-electron chi connectivity index (χ0n) is 10.8. The first kappa shape index (κ1) is 13.7. The van der Waals surface area contributed by atoms with E-state index in [1.807, 2.05) is 0 Å². The van der Waals surface area contributed by atoms with Crippen LogP contribution < -0.4 is 9.47 Å². The first-order chi connectivity index (χ1) is 9.10. The average Bonchev–Trinajstić information content (AvgIpc) is 2.41. The number of benzene rings is 1. The van der Waals surface area contributed by atoms with Crippen molar-refractivity contribution in [3.63, 3.8) is 0 Å². The number of aliphatic hydroxyl groups is 1. The van der Waals surface area contributed by atoms with E-state index in [0.29, 0.717) is 11.5 Å². The third kappa shape index (κ3) is 3.38. The molecule has 0 heterocycles. The second-order valence-electron chi connectivity index (χ2n) is 4.72. The third-order valence-corrected chi connectivity index (χ3v) is 3.35. The molecule has 5 nitrogen and oxygen atoms in total. The highest BCUT2D eigenvalue weighted by molar-refractivity contribution is 5.88. The molecule has 0 aliphatic heterocycles. The summed E-state index contributed by atoms with van der Waals surface area (Å²) in [6.07, 6.45) is 2.89. The number of hydrogen-bond donors (Lipinski definition) is 2. The van der Waals surface area contributed by atoms with Crippen molar-refractivity contribution in [3.8, 4) is 11.5 Å². The van der Waals surface area contributed by atoms with Crippen molar-refractivity contribution < 1.29 is 24.5 Å². The Kier molecular flexibility index (Phi) is 4.27. The van der Waals surface area contributed by atoms with E-state index in [4.69, 9.17) is 14.6 Å². The van der Waals surface area contributed by atoms with Gasteiger partial charge in [-0.3, -0.25) is 0 Å². The van der Waals surface area contributed by atoms with E-state index in [1.54, 1.807) is 6.07 Å². The zero-order chi connectivity index (χ0) is 13.8. The van der Waals surface area contributed by atoms with Gasteiger partial charge in [0, 0.05) is 0 Å². The highest BCUT2D eigenvalue weighted by Crippen LogP contribution is 2.31. The molecule has 0 radical (unpaired) electrons. The van der Waals surface area contributed by atoms with Crippen LogP contribution in [0.3, 0.4) is 0 Å². The topological polar surface area (TPSA) is 76.0 Å². The number of hydrogen-bond acceptors (Lipinski definition) is 4. The summed E-state index contributed by atoms with van der Waals surface area (Å²) in [5.74, 6) is -0.0226. The molecule has 2 rings (SSSR count). The van der Waals surface area contributed by atoms with E-state index in [2.05, 4.69) is 0 Å². The number of carboxylic acids is 1. The van der Waals surface area contributed by atoms with Gasteiger partial charge in [-0.15, -0.1) is 0 Å². The zero-order valence-corrected chi connectivity index (χ0v) is 10.8. The summed E-state index contributed by atoms with van der Waals surface area (Å²) in [4.78, 5) is 10.9. The predicted molar refractivity (Wildman–Crippen MR) is 68.8 cm³/mol. The summed E-state index contributed by atoms with van der Waals surface area (Å²) in [6, 6.07) is 4.57. The Morgan fingerprint density at radius 1 is 1.21 bits per heavy atom. The van der Waals surface area contributed by atoms with Crippen molar-refractivity contribution >= 4 is 5.97 Å². The Bertz CT molecular complexity index is 449. The number of ether oxygens (including phenoxy) is 2. The first-order valence-corrected chi connectivity index (χ1v) is 6.36. The minimum Gasteiger partial charge on any atom is -0.493 e. The van der Waals surface area contributed by atoms with Crippen LogP contribution in [0, 0.1) is 0 Å². The van der Waals surface area contributed by atoms with Gasteiger partial charge in [-0.05, 0) is 43.9 Å². The second kappa shape index (κ2) is 5.93. The lowest BCUT2D eigenvalue weighted by atomic mass is 9.95. The van der Waals surface area contributed by atoms with Crippen molar-refractivity contribution in [2.75, 3.05) is 7.11 Å². The fraction of sp³-hybridized carbons (Fsp3) is 0.500. The number of aliphatic hydroxyl groups excluding tert-OH is 1. The largest absolute Gasteiger partial charge is 0.493 e. The molecule has 2 N–H and O–H groups in total. The van der Waals surface area contributed by atoms with Crippen molar-refractivity contribution in [2.24, 2.45) is 0 Å². The maximum absolute atomic E-state index is 10.9. The standard InChI is InChI=1S/C14H18O5/c1-18-13-8-9(14(16)17)2-7-12(13)19-11-5-3-10(15)4-6-11/h2,7-8,10-11,15H,3-6H2,1H3,(H,16,17). The fourth-order valence-electron chi connectivity index (χ4n) is 2.24. The Hall–Kier alpha value is -1.75. The van der Waals surface area contributed by atoms with Gasteiger partial charge in [-0.1, -0.05) is 0 Å². The third-order valence-electron chi connectivity index (χ3n) is 3.35. The molecule has 1 aromatic carbocycles. The highest BCUT2D eigenvalue weighted by atomic mass is 16.5. The average molecular weight is 266 g/mol. The molecular weight excluding hydrogens is 248 g/mol. The molecular formula is C14H18O5. The molecule has 0 aromatic heterocycles. The van der Waals surface area contributed by atoms with Crippen LogP contribution in [-0.2, 0) is 0 Å². The molecule has 1 fully saturated rings. The quantitative estimate of drug-likeness (QED) is 0.872. The van der Waals surface area contributed by atoms with E-state index >= 15 is 0 Å². The number of carboxylic acid groups (broad SMARTS) is 1. The number of carbonyl (C=O) groups is 1. The van der Waals surface area contributed by atoms with Crippen LogP contribution in [0.2, 0.25) is 0 Å². The van der Waals surface area contributed by atoms with Gasteiger partial charge >= 0.3 is 5.97 Å². The highest BCUT2D eigenvalue weighted by Gasteiger charge is 2.22. The Morgan fingerprint density at radius 3 is 2.47 bits per heavy atom. The van der Waals surface area contributed by atoms with Gasteiger partial charge in [0.25, 0.3) is 0 Å². The summed E-state index contributed by atoms with van der Waals surface area (Å²) in [5, 5.41) is 18.4. The monoisotopic (exact) mass is 266 g/mol. The smallest absolute Gasteiger partial charge is 0.335 e.